The summed E-state index contributed by atoms with van der Waals surface area (Å²) in [5, 5.41) is 47.0. The molecule has 19 heavy (non-hydrogen) atoms. The van der Waals surface area contributed by atoms with Crippen LogP contribution >= 0.6 is 0 Å². The normalized spacial score (nSPS) is 11.8. The summed E-state index contributed by atoms with van der Waals surface area (Å²) in [5.41, 5.74) is 0.826. The van der Waals surface area contributed by atoms with Crippen molar-refractivity contribution in [1.82, 2.24) is 0 Å². The fourth-order valence-corrected chi connectivity index (χ4v) is 1.97. The topological polar surface area (TPSA) is 101 Å². The predicted molar refractivity (Wildman–Crippen MR) is 67.4 cm³/mol. The van der Waals surface area contributed by atoms with E-state index in [4.69, 9.17) is 0 Å². The van der Waals surface area contributed by atoms with Crippen molar-refractivity contribution in [3.05, 3.63) is 59.7 Å². The third-order valence-electron chi connectivity index (χ3n) is 2.84. The molecule has 5 N–H and O–H groups in total. The summed E-state index contributed by atoms with van der Waals surface area (Å²) in [6.45, 7) is 0. The van der Waals surface area contributed by atoms with E-state index in [0.29, 0.717) is 11.1 Å². The van der Waals surface area contributed by atoms with Crippen LogP contribution in [-0.4, -0.2) is 31.5 Å². The van der Waals surface area contributed by atoms with Crippen molar-refractivity contribution in [3.63, 3.8) is 0 Å². The zero-order valence-electron chi connectivity index (χ0n) is 9.93. The fraction of sp³-hybridized carbons (Fsp3) is 0.143. The maximum Gasteiger partial charge on any atom is 0.286 e. The summed E-state index contributed by atoms with van der Waals surface area (Å²) < 4.78 is 0. The second kappa shape index (κ2) is 4.89. The van der Waals surface area contributed by atoms with Gasteiger partial charge in [-0.3, -0.25) is 0 Å². The molecule has 0 amide bonds. The largest absolute Gasteiger partial charge is 0.508 e. The molecular weight excluding hydrogens is 248 g/mol. The van der Waals surface area contributed by atoms with E-state index in [1.807, 2.05) is 0 Å². The van der Waals surface area contributed by atoms with Gasteiger partial charge in [0.05, 0.1) is 5.92 Å². The van der Waals surface area contributed by atoms with E-state index in [0.717, 1.165) is 0 Å². The van der Waals surface area contributed by atoms with Crippen LogP contribution in [0.3, 0.4) is 0 Å². The van der Waals surface area contributed by atoms with Crippen LogP contribution in [0.25, 0.3) is 0 Å². The lowest BCUT2D eigenvalue weighted by molar-refractivity contribution is -0.319. The first-order valence-electron chi connectivity index (χ1n) is 5.63. The maximum atomic E-state index is 9.51. The average molecular weight is 262 g/mol. The summed E-state index contributed by atoms with van der Waals surface area (Å²) in [6.07, 6.45) is 0. The highest BCUT2D eigenvalue weighted by molar-refractivity contribution is 5.38. The molecule has 0 atom stereocenters. The van der Waals surface area contributed by atoms with Gasteiger partial charge in [-0.15, -0.1) is 0 Å². The predicted octanol–water partition coefficient (Wildman–Crippen LogP) is 0.860. The Bertz CT molecular complexity index is 494. The van der Waals surface area contributed by atoms with Crippen molar-refractivity contribution in [2.75, 3.05) is 0 Å². The number of rotatable bonds is 3. The van der Waals surface area contributed by atoms with Gasteiger partial charge in [0.15, 0.2) is 0 Å². The second-order valence-corrected chi connectivity index (χ2v) is 4.30. The van der Waals surface area contributed by atoms with Crippen molar-refractivity contribution >= 4 is 0 Å². The van der Waals surface area contributed by atoms with Crippen molar-refractivity contribution in [3.8, 4) is 11.5 Å². The number of benzene rings is 2. The van der Waals surface area contributed by atoms with Gasteiger partial charge in [0.2, 0.25) is 0 Å². The fourth-order valence-electron chi connectivity index (χ4n) is 1.97. The smallest absolute Gasteiger partial charge is 0.286 e. The molecule has 2 aromatic carbocycles. The molecule has 0 spiro atoms. The minimum Gasteiger partial charge on any atom is -0.508 e. The Morgan fingerprint density at radius 1 is 0.632 bits per heavy atom. The Labute approximate surface area is 109 Å². The molecule has 0 aliphatic heterocycles. The van der Waals surface area contributed by atoms with E-state index in [-0.39, 0.29) is 11.5 Å². The zero-order chi connectivity index (χ0) is 14.0. The van der Waals surface area contributed by atoms with Crippen LogP contribution in [0.2, 0.25) is 0 Å². The first-order chi connectivity index (χ1) is 8.88. The lowest BCUT2D eigenvalue weighted by Crippen LogP contribution is -2.36. The van der Waals surface area contributed by atoms with Gasteiger partial charge in [-0.2, -0.15) is 0 Å². The van der Waals surface area contributed by atoms with Gasteiger partial charge >= 0.3 is 0 Å². The molecule has 0 aliphatic rings. The second-order valence-electron chi connectivity index (χ2n) is 4.30. The molecule has 0 aromatic heterocycles. The van der Waals surface area contributed by atoms with Gasteiger partial charge in [0.25, 0.3) is 5.97 Å². The van der Waals surface area contributed by atoms with E-state index < -0.39 is 11.9 Å². The Balaban J connectivity index is 2.47. The van der Waals surface area contributed by atoms with Crippen LogP contribution in [0, 0.1) is 0 Å². The number of aliphatic hydroxyl groups is 3. The van der Waals surface area contributed by atoms with E-state index in [9.17, 15) is 25.5 Å². The van der Waals surface area contributed by atoms with Gasteiger partial charge in [0.1, 0.15) is 11.5 Å². The van der Waals surface area contributed by atoms with Gasteiger partial charge in [-0.05, 0) is 35.4 Å². The Kier molecular flexibility index (Phi) is 3.44. The van der Waals surface area contributed by atoms with Gasteiger partial charge in [-0.25, -0.2) is 0 Å². The van der Waals surface area contributed by atoms with E-state index in [1.54, 1.807) is 0 Å². The number of phenolic OH excluding ortho intramolecular Hbond substituents is 2. The number of hydrogen-bond donors (Lipinski definition) is 5. The van der Waals surface area contributed by atoms with E-state index in [1.165, 1.54) is 48.5 Å². The highest BCUT2D eigenvalue weighted by Crippen LogP contribution is 2.33. The number of aromatic hydroxyl groups is 2. The summed E-state index contributed by atoms with van der Waals surface area (Å²) in [6, 6.07) is 11.4. The van der Waals surface area contributed by atoms with Crippen LogP contribution in [0.5, 0.6) is 11.5 Å². The summed E-state index contributed by atoms with van der Waals surface area (Å²) >= 11 is 0. The van der Waals surface area contributed by atoms with Crippen molar-refractivity contribution < 1.29 is 25.5 Å². The van der Waals surface area contributed by atoms with E-state index >= 15 is 0 Å². The summed E-state index contributed by atoms with van der Waals surface area (Å²) in [5.74, 6) is -4.00. The van der Waals surface area contributed by atoms with Gasteiger partial charge < -0.3 is 25.5 Å². The van der Waals surface area contributed by atoms with Crippen molar-refractivity contribution in [2.24, 2.45) is 0 Å². The molecule has 0 radical (unpaired) electrons. The molecule has 2 rings (SSSR count). The molecule has 0 saturated heterocycles. The van der Waals surface area contributed by atoms with Crippen LogP contribution in [0.4, 0.5) is 0 Å². The number of phenols is 2. The Morgan fingerprint density at radius 2 is 0.947 bits per heavy atom. The average Bonchev–Trinajstić information content (AvgIpc) is 2.33. The Morgan fingerprint density at radius 3 is 1.21 bits per heavy atom. The quantitative estimate of drug-likeness (QED) is 0.528. The summed E-state index contributed by atoms with van der Waals surface area (Å²) in [7, 11) is 0. The molecule has 0 bridgehead atoms. The van der Waals surface area contributed by atoms with E-state index in [2.05, 4.69) is 0 Å². The molecule has 0 aliphatic carbocycles. The SMILES string of the molecule is Oc1ccc(C(c2ccc(O)cc2)C(O)(O)O)cc1. The first-order valence-corrected chi connectivity index (χ1v) is 5.63. The zero-order valence-corrected chi connectivity index (χ0v) is 9.93. The minimum atomic E-state index is -2.95. The lowest BCUT2D eigenvalue weighted by Gasteiger charge is -2.26. The lowest BCUT2D eigenvalue weighted by atomic mass is 9.89. The molecule has 5 heteroatoms. The maximum absolute atomic E-state index is 9.51. The minimum absolute atomic E-state index is 0.0348. The highest BCUT2D eigenvalue weighted by Gasteiger charge is 2.35. The third-order valence-corrected chi connectivity index (χ3v) is 2.84. The van der Waals surface area contributed by atoms with Gasteiger partial charge in [-0.1, -0.05) is 24.3 Å². The van der Waals surface area contributed by atoms with Crippen molar-refractivity contribution in [2.45, 2.75) is 11.9 Å². The van der Waals surface area contributed by atoms with Crippen molar-refractivity contribution in [1.29, 1.82) is 0 Å². The summed E-state index contributed by atoms with van der Waals surface area (Å²) in [4.78, 5) is 0. The first kappa shape index (κ1) is 13.4. The molecule has 0 saturated carbocycles. The molecule has 0 unspecified atom stereocenters. The molecule has 100 valence electrons. The van der Waals surface area contributed by atoms with Crippen LogP contribution < -0.4 is 0 Å². The molecule has 0 fully saturated rings. The molecule has 5 nitrogen and oxygen atoms in total. The molecule has 2 aromatic rings. The monoisotopic (exact) mass is 262 g/mol. The van der Waals surface area contributed by atoms with Crippen LogP contribution in [0.1, 0.15) is 17.0 Å². The molecule has 0 heterocycles. The van der Waals surface area contributed by atoms with Crippen LogP contribution in [0.15, 0.2) is 48.5 Å². The molecular formula is C14H14O5. The Hall–Kier alpha value is -2.08. The van der Waals surface area contributed by atoms with Crippen LogP contribution in [-0.2, 0) is 0 Å². The standard InChI is InChI=1S/C14H14O5/c15-11-5-1-9(2-6-11)13(14(17,18)19)10-3-7-12(16)8-4-10/h1-8,13,15-19H. The third kappa shape index (κ3) is 3.03. The van der Waals surface area contributed by atoms with Gasteiger partial charge in [0, 0.05) is 0 Å². The number of hydrogen-bond acceptors (Lipinski definition) is 5. The highest BCUT2D eigenvalue weighted by atomic mass is 16.7.